The van der Waals surface area contributed by atoms with Gasteiger partial charge in [0, 0.05) is 31.6 Å². The zero-order valence-corrected chi connectivity index (χ0v) is 24.3. The summed E-state index contributed by atoms with van der Waals surface area (Å²) in [4.78, 5) is 39.7. The lowest BCUT2D eigenvalue weighted by Gasteiger charge is -2.33. The molecule has 0 heterocycles. The molecule has 0 aliphatic carbocycles. The lowest BCUT2D eigenvalue weighted by Crippen LogP contribution is -2.53. The van der Waals surface area contributed by atoms with Gasteiger partial charge in [-0.3, -0.25) is 24.0 Å². The number of anilines is 1. The number of carbonyl (C=O) groups is 2. The van der Waals surface area contributed by atoms with Crippen LogP contribution in [0.1, 0.15) is 36.5 Å². The standard InChI is InChI=1S/C30H36N4O6S/c1-4-5-18-31-30(36)28(19-24-10-7-6-8-11-24)32(21-25-16-14-23(2)15-17-25)29(35)22-33(41(3,39)40)26-12-9-13-27(20-26)34(37)38/h6-17,20,28H,4-5,18-19,21-22H2,1-3H3,(H,31,36). The number of nitrogens with zero attached hydrogens (tertiary/aromatic N) is 3. The van der Waals surface area contributed by atoms with Crippen LogP contribution in [-0.4, -0.2) is 55.4 Å². The van der Waals surface area contributed by atoms with Gasteiger partial charge >= 0.3 is 0 Å². The van der Waals surface area contributed by atoms with E-state index in [0.29, 0.717) is 6.54 Å². The summed E-state index contributed by atoms with van der Waals surface area (Å²) in [5, 5.41) is 14.3. The maximum atomic E-state index is 14.0. The predicted molar refractivity (Wildman–Crippen MR) is 159 cm³/mol. The van der Waals surface area contributed by atoms with Gasteiger partial charge in [0.2, 0.25) is 21.8 Å². The van der Waals surface area contributed by atoms with Gasteiger partial charge in [-0.25, -0.2) is 8.42 Å². The summed E-state index contributed by atoms with van der Waals surface area (Å²) in [7, 11) is -4.03. The van der Waals surface area contributed by atoms with E-state index in [9.17, 15) is 28.1 Å². The van der Waals surface area contributed by atoms with Gasteiger partial charge < -0.3 is 10.2 Å². The number of sulfonamides is 1. The first-order valence-electron chi connectivity index (χ1n) is 13.4. The molecule has 0 aliphatic heterocycles. The number of hydrogen-bond donors (Lipinski definition) is 1. The smallest absolute Gasteiger partial charge is 0.271 e. The van der Waals surface area contributed by atoms with Gasteiger partial charge in [0.1, 0.15) is 12.6 Å². The third-order valence-corrected chi connectivity index (χ3v) is 7.72. The first-order valence-corrected chi connectivity index (χ1v) is 15.2. The zero-order chi connectivity index (χ0) is 30.0. The van der Waals surface area contributed by atoms with Crippen LogP contribution < -0.4 is 9.62 Å². The van der Waals surface area contributed by atoms with Gasteiger partial charge in [-0.2, -0.15) is 0 Å². The van der Waals surface area contributed by atoms with Crippen molar-refractivity contribution in [2.75, 3.05) is 23.7 Å². The van der Waals surface area contributed by atoms with Gasteiger partial charge in [-0.15, -0.1) is 0 Å². The number of nitro benzene ring substituents is 1. The maximum Gasteiger partial charge on any atom is 0.271 e. The number of aryl methyl sites for hydroxylation is 1. The van der Waals surface area contributed by atoms with Gasteiger partial charge in [0.25, 0.3) is 5.69 Å². The van der Waals surface area contributed by atoms with Crippen LogP contribution in [0.15, 0.2) is 78.9 Å². The van der Waals surface area contributed by atoms with Gasteiger partial charge in [0.05, 0.1) is 16.9 Å². The molecule has 1 atom stereocenters. The fourth-order valence-electron chi connectivity index (χ4n) is 4.33. The summed E-state index contributed by atoms with van der Waals surface area (Å²) >= 11 is 0. The molecule has 10 nitrogen and oxygen atoms in total. The molecule has 11 heteroatoms. The van der Waals surface area contributed by atoms with Gasteiger partial charge in [-0.05, 0) is 30.5 Å². The molecule has 0 radical (unpaired) electrons. The summed E-state index contributed by atoms with van der Waals surface area (Å²) in [6.07, 6.45) is 2.79. The van der Waals surface area contributed by atoms with E-state index in [0.717, 1.165) is 46.2 Å². The van der Waals surface area contributed by atoms with Crippen LogP contribution in [0, 0.1) is 17.0 Å². The number of non-ortho nitro benzene ring substituents is 1. The van der Waals surface area contributed by atoms with E-state index in [2.05, 4.69) is 5.32 Å². The molecule has 2 amide bonds. The average Bonchev–Trinajstić information content (AvgIpc) is 2.94. The summed E-state index contributed by atoms with van der Waals surface area (Å²) in [5.74, 6) is -0.960. The van der Waals surface area contributed by atoms with Crippen LogP contribution >= 0.6 is 0 Å². The van der Waals surface area contributed by atoms with Gasteiger partial charge in [0.15, 0.2) is 0 Å². The Bertz CT molecular complexity index is 1450. The second-order valence-corrected chi connectivity index (χ2v) is 11.8. The Morgan fingerprint density at radius 2 is 1.66 bits per heavy atom. The molecule has 1 unspecified atom stereocenters. The van der Waals surface area contributed by atoms with Crippen molar-refractivity contribution in [1.29, 1.82) is 0 Å². The lowest BCUT2D eigenvalue weighted by molar-refractivity contribution is -0.384. The third-order valence-electron chi connectivity index (χ3n) is 6.58. The number of hydrogen-bond acceptors (Lipinski definition) is 6. The third kappa shape index (κ3) is 9.14. The maximum absolute atomic E-state index is 14.0. The predicted octanol–water partition coefficient (Wildman–Crippen LogP) is 4.23. The minimum Gasteiger partial charge on any atom is -0.354 e. The van der Waals surface area contributed by atoms with Crippen molar-refractivity contribution in [3.05, 3.63) is 106 Å². The van der Waals surface area contributed by atoms with Crippen molar-refractivity contribution in [1.82, 2.24) is 10.2 Å². The van der Waals surface area contributed by atoms with E-state index < -0.39 is 33.4 Å². The Balaban J connectivity index is 2.04. The highest BCUT2D eigenvalue weighted by Crippen LogP contribution is 2.24. The summed E-state index contributed by atoms with van der Waals surface area (Å²) in [5.41, 5.74) is 2.31. The van der Waals surface area contributed by atoms with Gasteiger partial charge in [-0.1, -0.05) is 79.6 Å². The molecule has 0 saturated heterocycles. The molecule has 0 saturated carbocycles. The number of amides is 2. The quantitative estimate of drug-likeness (QED) is 0.173. The van der Waals surface area contributed by atoms with Crippen molar-refractivity contribution in [3.63, 3.8) is 0 Å². The molecule has 3 aromatic rings. The molecule has 0 spiro atoms. The largest absolute Gasteiger partial charge is 0.354 e. The van der Waals surface area contributed by atoms with E-state index in [4.69, 9.17) is 0 Å². The Morgan fingerprint density at radius 1 is 0.976 bits per heavy atom. The molecule has 218 valence electrons. The Labute approximate surface area is 241 Å². The second-order valence-electron chi connectivity index (χ2n) is 9.90. The molecular formula is C30H36N4O6S. The van der Waals surface area contributed by atoms with Crippen molar-refractivity contribution in [2.24, 2.45) is 0 Å². The topological polar surface area (TPSA) is 130 Å². The van der Waals surface area contributed by atoms with Crippen LogP contribution in [0.5, 0.6) is 0 Å². The van der Waals surface area contributed by atoms with Crippen molar-refractivity contribution < 1.29 is 22.9 Å². The molecule has 1 N–H and O–H groups in total. The normalized spacial score (nSPS) is 11.9. The van der Waals surface area contributed by atoms with E-state index in [-0.39, 0.29) is 30.2 Å². The SMILES string of the molecule is CCCCNC(=O)C(Cc1ccccc1)N(Cc1ccc(C)cc1)C(=O)CN(c1cccc([N+](=O)[O-])c1)S(C)(=O)=O. The van der Waals surface area contributed by atoms with Crippen molar-refractivity contribution in [3.8, 4) is 0 Å². The second kappa shape index (κ2) is 14.4. The Morgan fingerprint density at radius 3 is 2.27 bits per heavy atom. The van der Waals surface area contributed by atoms with E-state index in [1.165, 1.54) is 23.1 Å². The molecule has 0 aromatic heterocycles. The van der Waals surface area contributed by atoms with Crippen molar-refractivity contribution in [2.45, 2.75) is 45.7 Å². The molecule has 3 aromatic carbocycles. The monoisotopic (exact) mass is 580 g/mol. The summed E-state index contributed by atoms with van der Waals surface area (Å²) in [6, 6.07) is 21.0. The lowest BCUT2D eigenvalue weighted by atomic mass is 10.0. The fraction of sp³-hybridized carbons (Fsp3) is 0.333. The highest BCUT2D eigenvalue weighted by Gasteiger charge is 2.33. The molecular weight excluding hydrogens is 544 g/mol. The van der Waals surface area contributed by atoms with Crippen LogP contribution in [0.4, 0.5) is 11.4 Å². The molecule has 41 heavy (non-hydrogen) atoms. The highest BCUT2D eigenvalue weighted by atomic mass is 32.2. The van der Waals surface area contributed by atoms with Crippen molar-refractivity contribution >= 4 is 33.2 Å². The first kappa shape index (κ1) is 31.3. The van der Waals surface area contributed by atoms with Crippen LogP contribution in [0.25, 0.3) is 0 Å². The van der Waals surface area contributed by atoms with Crippen LogP contribution in [0.2, 0.25) is 0 Å². The number of rotatable bonds is 14. The minimum atomic E-state index is -4.03. The van der Waals surface area contributed by atoms with Crippen LogP contribution in [0.3, 0.4) is 0 Å². The Kier molecular flexibility index (Phi) is 11.0. The molecule has 3 rings (SSSR count). The average molecular weight is 581 g/mol. The molecule has 0 bridgehead atoms. The van der Waals surface area contributed by atoms with E-state index >= 15 is 0 Å². The molecule has 0 fully saturated rings. The number of nitrogens with one attached hydrogen (secondary N) is 1. The molecule has 0 aliphatic rings. The number of nitro groups is 1. The number of carbonyl (C=O) groups excluding carboxylic acids is 2. The first-order chi connectivity index (χ1) is 19.5. The van der Waals surface area contributed by atoms with E-state index in [1.54, 1.807) is 0 Å². The highest BCUT2D eigenvalue weighted by molar-refractivity contribution is 7.92. The number of unbranched alkanes of at least 4 members (excludes halogenated alkanes) is 1. The Hall–Kier alpha value is -4.25. The van der Waals surface area contributed by atoms with E-state index in [1.807, 2.05) is 68.4 Å². The zero-order valence-electron chi connectivity index (χ0n) is 23.5. The summed E-state index contributed by atoms with van der Waals surface area (Å²) < 4.78 is 26.5. The summed E-state index contributed by atoms with van der Waals surface area (Å²) in [6.45, 7) is 3.81. The minimum absolute atomic E-state index is 0.0163. The van der Waals surface area contributed by atoms with Crippen LogP contribution in [-0.2, 0) is 32.6 Å². The number of benzene rings is 3. The fourth-order valence-corrected chi connectivity index (χ4v) is 5.17.